The fourth-order valence-electron chi connectivity index (χ4n) is 3.09. The number of rotatable bonds is 2. The van der Waals surface area contributed by atoms with E-state index in [1.807, 2.05) is 34.9 Å². The van der Waals surface area contributed by atoms with Crippen LogP contribution in [0.2, 0.25) is 0 Å². The number of fused-ring (bicyclic) bond motifs is 3. The van der Waals surface area contributed by atoms with Crippen LogP contribution in [0.5, 0.6) is 0 Å². The Labute approximate surface area is 137 Å². The molecule has 0 aliphatic heterocycles. The Bertz CT molecular complexity index is 1090. The number of aliphatic hydroxyl groups excluding tert-OH is 1. The third kappa shape index (κ3) is 2.23. The molecule has 24 heavy (non-hydrogen) atoms. The van der Waals surface area contributed by atoms with Crippen LogP contribution in [0.15, 0.2) is 66.9 Å². The Morgan fingerprint density at radius 2 is 1.83 bits per heavy atom. The van der Waals surface area contributed by atoms with Crippen molar-refractivity contribution in [2.75, 3.05) is 0 Å². The summed E-state index contributed by atoms with van der Waals surface area (Å²) in [5, 5.41) is 21.0. The molecular weight excluding hydrogens is 303 g/mol. The Morgan fingerprint density at radius 3 is 2.58 bits per heavy atom. The molecule has 1 N–H and O–H groups in total. The van der Waals surface area contributed by atoms with Crippen LogP contribution in [0.25, 0.3) is 16.4 Å². The summed E-state index contributed by atoms with van der Waals surface area (Å²) in [6.07, 6.45) is 0.972. The van der Waals surface area contributed by atoms with Crippen molar-refractivity contribution >= 4 is 16.4 Å². The normalized spacial score (nSPS) is 12.4. The summed E-state index contributed by atoms with van der Waals surface area (Å²) >= 11 is 0. The van der Waals surface area contributed by atoms with E-state index in [2.05, 4.69) is 6.07 Å². The van der Waals surface area contributed by atoms with Gasteiger partial charge in [0.15, 0.2) is 0 Å². The van der Waals surface area contributed by atoms with E-state index in [4.69, 9.17) is 0 Å². The molecule has 1 atom stereocenters. The van der Waals surface area contributed by atoms with Crippen LogP contribution in [0.3, 0.4) is 0 Å². The van der Waals surface area contributed by atoms with Crippen molar-refractivity contribution in [1.29, 1.82) is 5.26 Å². The molecule has 4 rings (SSSR count). The topological polar surface area (TPSA) is 48.4 Å². The van der Waals surface area contributed by atoms with Crippen LogP contribution in [-0.4, -0.2) is 9.51 Å². The second-order valence-electron chi connectivity index (χ2n) is 5.71. The Morgan fingerprint density at radius 1 is 1.04 bits per heavy atom. The van der Waals surface area contributed by atoms with E-state index in [9.17, 15) is 14.8 Å². The molecule has 0 spiro atoms. The fourth-order valence-corrected chi connectivity index (χ4v) is 3.09. The largest absolute Gasteiger partial charge is 0.384 e. The van der Waals surface area contributed by atoms with Gasteiger partial charge in [0.1, 0.15) is 11.9 Å². The summed E-state index contributed by atoms with van der Waals surface area (Å²) in [5.74, 6) is -0.352. The number of hydrogen-bond acceptors (Lipinski definition) is 2. The van der Waals surface area contributed by atoms with E-state index in [-0.39, 0.29) is 5.82 Å². The van der Waals surface area contributed by atoms with Crippen molar-refractivity contribution in [3.63, 3.8) is 0 Å². The van der Waals surface area contributed by atoms with E-state index >= 15 is 0 Å². The van der Waals surface area contributed by atoms with Gasteiger partial charge in [-0.3, -0.25) is 0 Å². The predicted octanol–water partition coefficient (Wildman–Crippen LogP) is 4.18. The quantitative estimate of drug-likeness (QED) is 0.603. The minimum atomic E-state index is -0.950. The van der Waals surface area contributed by atoms with E-state index in [1.165, 1.54) is 12.1 Å². The van der Waals surface area contributed by atoms with Crippen molar-refractivity contribution in [3.8, 4) is 6.07 Å². The van der Waals surface area contributed by atoms with E-state index in [0.717, 1.165) is 16.4 Å². The molecule has 0 aliphatic carbocycles. The number of aromatic nitrogens is 1. The van der Waals surface area contributed by atoms with Crippen molar-refractivity contribution in [2.45, 2.75) is 6.10 Å². The molecule has 4 heteroatoms. The van der Waals surface area contributed by atoms with Gasteiger partial charge < -0.3 is 9.51 Å². The summed E-state index contributed by atoms with van der Waals surface area (Å²) in [7, 11) is 0. The smallest absolute Gasteiger partial charge is 0.123 e. The first-order valence-corrected chi connectivity index (χ1v) is 7.55. The molecule has 2 aromatic heterocycles. The van der Waals surface area contributed by atoms with Gasteiger partial charge in [0.25, 0.3) is 0 Å². The summed E-state index contributed by atoms with van der Waals surface area (Å²) in [6.45, 7) is 0. The predicted molar refractivity (Wildman–Crippen MR) is 90.1 cm³/mol. The third-order valence-electron chi connectivity index (χ3n) is 4.23. The average molecular weight is 316 g/mol. The van der Waals surface area contributed by atoms with Gasteiger partial charge in [-0.15, -0.1) is 0 Å². The maximum absolute atomic E-state index is 13.2. The molecule has 2 aromatic carbocycles. The molecule has 0 saturated heterocycles. The molecule has 0 aliphatic rings. The summed E-state index contributed by atoms with van der Waals surface area (Å²) in [4.78, 5) is 0. The Balaban J connectivity index is 2.03. The highest BCUT2D eigenvalue weighted by molar-refractivity contribution is 5.87. The van der Waals surface area contributed by atoms with Gasteiger partial charge in [-0.05, 0) is 48.0 Å². The molecule has 0 saturated carbocycles. The maximum atomic E-state index is 13.2. The lowest BCUT2D eigenvalue weighted by Gasteiger charge is -2.16. The highest BCUT2D eigenvalue weighted by atomic mass is 19.1. The highest BCUT2D eigenvalue weighted by Gasteiger charge is 2.17. The van der Waals surface area contributed by atoms with Crippen LogP contribution in [0.4, 0.5) is 4.39 Å². The minimum Gasteiger partial charge on any atom is -0.384 e. The first kappa shape index (κ1) is 14.4. The zero-order valence-corrected chi connectivity index (χ0v) is 12.6. The Kier molecular flexibility index (Phi) is 3.30. The van der Waals surface area contributed by atoms with Crippen molar-refractivity contribution < 1.29 is 9.50 Å². The van der Waals surface area contributed by atoms with Gasteiger partial charge in [0, 0.05) is 22.7 Å². The molecule has 3 nitrogen and oxygen atoms in total. The summed E-state index contributed by atoms with van der Waals surface area (Å²) < 4.78 is 15.1. The van der Waals surface area contributed by atoms with Crippen molar-refractivity contribution in [1.82, 2.24) is 4.40 Å². The molecule has 0 fully saturated rings. The number of aliphatic hydroxyl groups is 1. The number of benzene rings is 2. The standard InChI is InChI=1S/C20H13FN2O/c21-16-6-3-14(4-7-16)20(24)18-11-13(12-22)10-15-5-8-17-2-1-9-23(17)19(15)18/h1-11,20,24H. The number of nitrogens with zero attached hydrogens (tertiary/aromatic N) is 2. The minimum absolute atomic E-state index is 0.352. The molecule has 1 unspecified atom stereocenters. The molecular formula is C20H13FN2O. The van der Waals surface area contributed by atoms with Gasteiger partial charge in [0.2, 0.25) is 0 Å². The van der Waals surface area contributed by atoms with Crippen LogP contribution < -0.4 is 0 Å². The van der Waals surface area contributed by atoms with E-state index in [1.54, 1.807) is 24.3 Å². The second kappa shape index (κ2) is 5.48. The lowest BCUT2D eigenvalue weighted by Crippen LogP contribution is -2.04. The lowest BCUT2D eigenvalue weighted by molar-refractivity contribution is 0.221. The van der Waals surface area contributed by atoms with Gasteiger partial charge in [-0.1, -0.05) is 18.2 Å². The molecule has 0 amide bonds. The zero-order chi connectivity index (χ0) is 16.7. The maximum Gasteiger partial charge on any atom is 0.123 e. The third-order valence-corrected chi connectivity index (χ3v) is 4.23. The van der Waals surface area contributed by atoms with Crippen molar-refractivity contribution in [3.05, 3.63) is 89.4 Å². The fraction of sp³-hybridized carbons (Fsp3) is 0.0500. The lowest BCUT2D eigenvalue weighted by atomic mass is 9.96. The first-order valence-electron chi connectivity index (χ1n) is 7.55. The van der Waals surface area contributed by atoms with Crippen molar-refractivity contribution in [2.24, 2.45) is 0 Å². The van der Waals surface area contributed by atoms with Crippen LogP contribution in [0.1, 0.15) is 22.8 Å². The second-order valence-corrected chi connectivity index (χ2v) is 5.71. The van der Waals surface area contributed by atoms with E-state index < -0.39 is 6.10 Å². The SMILES string of the molecule is N#Cc1cc(C(O)c2ccc(F)cc2)c2c(ccc3cccn32)c1. The average Bonchev–Trinajstić information content (AvgIpc) is 3.09. The van der Waals surface area contributed by atoms with Crippen LogP contribution >= 0.6 is 0 Å². The van der Waals surface area contributed by atoms with Gasteiger partial charge in [-0.2, -0.15) is 5.26 Å². The van der Waals surface area contributed by atoms with Gasteiger partial charge >= 0.3 is 0 Å². The molecule has 116 valence electrons. The number of nitriles is 1. The monoisotopic (exact) mass is 316 g/mol. The number of hydrogen-bond donors (Lipinski definition) is 1. The van der Waals surface area contributed by atoms with E-state index in [0.29, 0.717) is 16.7 Å². The number of halogens is 1. The van der Waals surface area contributed by atoms with Crippen LogP contribution in [-0.2, 0) is 0 Å². The van der Waals surface area contributed by atoms with Crippen LogP contribution in [0, 0.1) is 17.1 Å². The molecule has 0 radical (unpaired) electrons. The highest BCUT2D eigenvalue weighted by Crippen LogP contribution is 2.31. The Hall–Kier alpha value is -3.16. The zero-order valence-electron chi connectivity index (χ0n) is 12.6. The molecule has 2 heterocycles. The molecule has 0 bridgehead atoms. The summed E-state index contributed by atoms with van der Waals surface area (Å²) in [5.41, 5.74) is 3.52. The number of pyridine rings is 1. The van der Waals surface area contributed by atoms with Gasteiger partial charge in [0.05, 0.1) is 17.1 Å². The summed E-state index contributed by atoms with van der Waals surface area (Å²) in [6, 6.07) is 19.2. The first-order chi connectivity index (χ1) is 11.7. The molecule has 4 aromatic rings. The van der Waals surface area contributed by atoms with Gasteiger partial charge in [-0.25, -0.2) is 4.39 Å².